The Morgan fingerprint density at radius 3 is 2.45 bits per heavy atom. The molecule has 8 heteroatoms. The summed E-state index contributed by atoms with van der Waals surface area (Å²) in [5.41, 5.74) is 7.21. The maximum Gasteiger partial charge on any atom is 0.238 e. The second-order valence-electron chi connectivity index (χ2n) is 4.04. The van der Waals surface area contributed by atoms with Gasteiger partial charge in [0.05, 0.1) is 27.0 Å². The van der Waals surface area contributed by atoms with Crippen LogP contribution in [-0.2, 0) is 10.0 Å². The van der Waals surface area contributed by atoms with Gasteiger partial charge < -0.3 is 11.1 Å². The van der Waals surface area contributed by atoms with Gasteiger partial charge in [-0.3, -0.25) is 0 Å². The molecule has 20 heavy (non-hydrogen) atoms. The standard InChI is InChI=1S/C12H11BrClN3O2S/c13-7-1-3-9(14)11(5-7)17-12-6-8(20(16,18)19)2-4-10(12)15/h1-6,17H,15H2,(H2,16,18,19). The molecule has 0 amide bonds. The fourth-order valence-electron chi connectivity index (χ4n) is 1.56. The fourth-order valence-corrected chi connectivity index (χ4v) is 2.62. The lowest BCUT2D eigenvalue weighted by Crippen LogP contribution is -2.12. The van der Waals surface area contributed by atoms with Crippen LogP contribution in [0.2, 0.25) is 5.02 Å². The number of nitrogens with two attached hydrogens (primary N) is 2. The molecule has 5 N–H and O–H groups in total. The van der Waals surface area contributed by atoms with Crippen LogP contribution < -0.4 is 16.2 Å². The summed E-state index contributed by atoms with van der Waals surface area (Å²) in [5.74, 6) is 0. The van der Waals surface area contributed by atoms with E-state index in [2.05, 4.69) is 21.2 Å². The van der Waals surface area contributed by atoms with Crippen LogP contribution in [0.4, 0.5) is 17.1 Å². The van der Waals surface area contributed by atoms with Crippen LogP contribution in [-0.4, -0.2) is 8.42 Å². The third-order valence-corrected chi connectivity index (χ3v) is 4.28. The van der Waals surface area contributed by atoms with Crippen molar-refractivity contribution in [3.8, 4) is 0 Å². The molecular formula is C12H11BrClN3O2S. The summed E-state index contributed by atoms with van der Waals surface area (Å²) in [6.07, 6.45) is 0. The summed E-state index contributed by atoms with van der Waals surface area (Å²) in [4.78, 5) is -0.0275. The van der Waals surface area contributed by atoms with E-state index in [0.717, 1.165) is 4.47 Å². The molecule has 0 aliphatic carbocycles. The molecule has 0 aliphatic heterocycles. The quantitative estimate of drug-likeness (QED) is 0.717. The van der Waals surface area contributed by atoms with Crippen molar-refractivity contribution < 1.29 is 8.42 Å². The molecule has 106 valence electrons. The fraction of sp³-hybridized carbons (Fsp3) is 0. The van der Waals surface area contributed by atoms with Gasteiger partial charge in [-0.2, -0.15) is 0 Å². The summed E-state index contributed by atoms with van der Waals surface area (Å²) in [5, 5.41) is 8.56. The number of anilines is 3. The molecule has 0 unspecified atom stereocenters. The van der Waals surface area contributed by atoms with Gasteiger partial charge in [0.1, 0.15) is 0 Å². The normalized spacial score (nSPS) is 11.3. The molecule has 0 radical (unpaired) electrons. The highest BCUT2D eigenvalue weighted by atomic mass is 79.9. The zero-order valence-electron chi connectivity index (χ0n) is 10.1. The molecule has 0 saturated heterocycles. The molecule has 0 bridgehead atoms. The number of nitrogens with one attached hydrogen (secondary N) is 1. The summed E-state index contributed by atoms with van der Waals surface area (Å²) in [7, 11) is -3.79. The molecule has 2 aromatic carbocycles. The second-order valence-corrected chi connectivity index (χ2v) is 6.93. The second kappa shape index (κ2) is 5.61. The van der Waals surface area contributed by atoms with Gasteiger partial charge in [-0.15, -0.1) is 0 Å². The highest BCUT2D eigenvalue weighted by Crippen LogP contribution is 2.31. The van der Waals surface area contributed by atoms with E-state index >= 15 is 0 Å². The van der Waals surface area contributed by atoms with Crippen molar-refractivity contribution in [2.45, 2.75) is 4.90 Å². The van der Waals surface area contributed by atoms with Gasteiger partial charge in [0.25, 0.3) is 0 Å². The lowest BCUT2D eigenvalue weighted by Gasteiger charge is -2.12. The van der Waals surface area contributed by atoms with E-state index in [1.807, 2.05) is 0 Å². The van der Waals surface area contributed by atoms with Crippen molar-refractivity contribution in [2.75, 3.05) is 11.1 Å². The van der Waals surface area contributed by atoms with E-state index in [1.165, 1.54) is 18.2 Å². The van der Waals surface area contributed by atoms with Gasteiger partial charge in [0.15, 0.2) is 0 Å². The van der Waals surface area contributed by atoms with Crippen LogP contribution in [0.3, 0.4) is 0 Å². The monoisotopic (exact) mass is 375 g/mol. The van der Waals surface area contributed by atoms with E-state index in [9.17, 15) is 8.42 Å². The minimum Gasteiger partial charge on any atom is -0.397 e. The zero-order valence-corrected chi connectivity index (χ0v) is 13.3. The van der Waals surface area contributed by atoms with E-state index in [4.69, 9.17) is 22.5 Å². The van der Waals surface area contributed by atoms with Crippen molar-refractivity contribution >= 4 is 54.6 Å². The third kappa shape index (κ3) is 3.43. The number of rotatable bonds is 3. The van der Waals surface area contributed by atoms with Gasteiger partial charge in [-0.05, 0) is 36.4 Å². The molecule has 0 heterocycles. The van der Waals surface area contributed by atoms with Gasteiger partial charge in [-0.1, -0.05) is 27.5 Å². The lowest BCUT2D eigenvalue weighted by molar-refractivity contribution is 0.598. The van der Waals surface area contributed by atoms with Crippen molar-refractivity contribution in [1.29, 1.82) is 0 Å². The number of sulfonamides is 1. The Bertz CT molecular complexity index is 765. The average Bonchev–Trinajstić information content (AvgIpc) is 2.35. The minimum atomic E-state index is -3.79. The van der Waals surface area contributed by atoms with Crippen LogP contribution in [0.5, 0.6) is 0 Å². The summed E-state index contributed by atoms with van der Waals surface area (Å²) >= 11 is 9.39. The molecule has 0 aliphatic rings. The Balaban J connectivity index is 2.45. The first-order chi connectivity index (χ1) is 9.27. The summed E-state index contributed by atoms with van der Waals surface area (Å²) < 4.78 is 23.5. The Hall–Kier alpha value is -1.28. The Morgan fingerprint density at radius 2 is 1.80 bits per heavy atom. The smallest absolute Gasteiger partial charge is 0.238 e. The van der Waals surface area contributed by atoms with Crippen LogP contribution in [0.1, 0.15) is 0 Å². The molecular weight excluding hydrogens is 366 g/mol. The zero-order chi connectivity index (χ0) is 14.9. The van der Waals surface area contributed by atoms with Gasteiger partial charge in [-0.25, -0.2) is 13.6 Å². The first-order valence-electron chi connectivity index (χ1n) is 5.42. The minimum absolute atomic E-state index is 0.0275. The van der Waals surface area contributed by atoms with E-state index in [-0.39, 0.29) is 4.90 Å². The van der Waals surface area contributed by atoms with Crippen LogP contribution in [0, 0.1) is 0 Å². The number of hydrogen-bond acceptors (Lipinski definition) is 4. The van der Waals surface area contributed by atoms with Gasteiger partial charge in [0.2, 0.25) is 10.0 Å². The molecule has 5 nitrogen and oxygen atoms in total. The number of nitrogen functional groups attached to an aromatic ring is 1. The van der Waals surface area contributed by atoms with Gasteiger partial charge in [0, 0.05) is 4.47 Å². The molecule has 0 saturated carbocycles. The predicted octanol–water partition coefficient (Wildman–Crippen LogP) is 3.08. The number of halogens is 2. The van der Waals surface area contributed by atoms with Crippen molar-refractivity contribution in [3.63, 3.8) is 0 Å². The van der Waals surface area contributed by atoms with Gasteiger partial charge >= 0.3 is 0 Å². The third-order valence-electron chi connectivity index (χ3n) is 2.55. The predicted molar refractivity (Wildman–Crippen MR) is 84.7 cm³/mol. The van der Waals surface area contributed by atoms with Crippen LogP contribution in [0.15, 0.2) is 45.8 Å². The summed E-state index contributed by atoms with van der Waals surface area (Å²) in [6.45, 7) is 0. The number of benzene rings is 2. The van der Waals surface area contributed by atoms with Crippen LogP contribution >= 0.6 is 27.5 Å². The van der Waals surface area contributed by atoms with Crippen molar-refractivity contribution in [1.82, 2.24) is 0 Å². The van der Waals surface area contributed by atoms with E-state index in [0.29, 0.717) is 22.1 Å². The number of hydrogen-bond donors (Lipinski definition) is 3. The maximum atomic E-state index is 11.3. The Morgan fingerprint density at radius 1 is 1.10 bits per heavy atom. The summed E-state index contributed by atoms with van der Waals surface area (Å²) in [6, 6.07) is 9.42. The first-order valence-corrected chi connectivity index (χ1v) is 8.13. The van der Waals surface area contributed by atoms with Crippen molar-refractivity contribution in [3.05, 3.63) is 45.9 Å². The molecule has 0 aromatic heterocycles. The van der Waals surface area contributed by atoms with E-state index in [1.54, 1.807) is 18.2 Å². The maximum absolute atomic E-state index is 11.3. The van der Waals surface area contributed by atoms with E-state index < -0.39 is 10.0 Å². The van der Waals surface area contributed by atoms with Crippen LogP contribution in [0.25, 0.3) is 0 Å². The highest BCUT2D eigenvalue weighted by Gasteiger charge is 2.11. The molecule has 0 atom stereocenters. The largest absolute Gasteiger partial charge is 0.397 e. The Kier molecular flexibility index (Phi) is 4.24. The number of primary sulfonamides is 1. The molecule has 0 fully saturated rings. The lowest BCUT2D eigenvalue weighted by atomic mass is 10.2. The highest BCUT2D eigenvalue weighted by molar-refractivity contribution is 9.10. The SMILES string of the molecule is Nc1ccc(S(N)(=O)=O)cc1Nc1cc(Br)ccc1Cl. The van der Waals surface area contributed by atoms with Crippen molar-refractivity contribution in [2.24, 2.45) is 5.14 Å². The Labute approximate surface area is 130 Å². The average molecular weight is 377 g/mol. The topological polar surface area (TPSA) is 98.2 Å². The molecule has 2 rings (SSSR count). The molecule has 2 aromatic rings. The first kappa shape index (κ1) is 15.1. The molecule has 0 spiro atoms.